The lowest BCUT2D eigenvalue weighted by molar-refractivity contribution is -0.136. The van der Waals surface area contributed by atoms with Crippen LogP contribution in [0.5, 0.6) is 0 Å². The van der Waals surface area contributed by atoms with Crippen LogP contribution in [0.4, 0.5) is 0 Å². The number of aliphatic hydroxyl groups is 1. The fourth-order valence-corrected chi connectivity index (χ4v) is 1.36. The van der Waals surface area contributed by atoms with Gasteiger partial charge in [-0.3, -0.25) is 4.79 Å². The summed E-state index contributed by atoms with van der Waals surface area (Å²) in [4.78, 5) is 10.2. The number of aliphatic hydroxyl groups excluding tert-OH is 1. The third-order valence-corrected chi connectivity index (χ3v) is 2.26. The Morgan fingerprint density at radius 1 is 1.27 bits per heavy atom. The van der Waals surface area contributed by atoms with Gasteiger partial charge in [-0.1, -0.05) is 44.8 Å². The van der Waals surface area contributed by atoms with E-state index in [-0.39, 0.29) is 12.5 Å². The Bertz CT molecular complexity index is 187. The molecular weight excluding hydrogens is 192 g/mol. The van der Waals surface area contributed by atoms with Gasteiger partial charge >= 0.3 is 5.97 Å². The van der Waals surface area contributed by atoms with E-state index in [0.29, 0.717) is 6.42 Å². The Labute approximate surface area is 91.8 Å². The Morgan fingerprint density at radius 3 is 2.60 bits per heavy atom. The molecular formula is C12H22O3. The highest BCUT2D eigenvalue weighted by Gasteiger charge is 2.00. The van der Waals surface area contributed by atoms with E-state index in [1.54, 1.807) is 12.2 Å². The summed E-state index contributed by atoms with van der Waals surface area (Å²) in [6.07, 6.45) is 9.12. The van der Waals surface area contributed by atoms with Gasteiger partial charge in [0.05, 0.1) is 12.5 Å². The SMILES string of the molecule is CCCCCCC(O)C/C=C/CC(=O)O. The molecule has 0 aliphatic heterocycles. The summed E-state index contributed by atoms with van der Waals surface area (Å²) in [7, 11) is 0. The molecule has 3 heteroatoms. The molecule has 0 aromatic carbocycles. The average Bonchev–Trinajstić information content (AvgIpc) is 2.19. The number of carboxylic acids is 1. The van der Waals surface area contributed by atoms with Gasteiger partial charge in [0.15, 0.2) is 0 Å². The molecule has 0 spiro atoms. The summed E-state index contributed by atoms with van der Waals surface area (Å²) >= 11 is 0. The molecule has 15 heavy (non-hydrogen) atoms. The molecule has 2 N–H and O–H groups in total. The minimum absolute atomic E-state index is 0.0442. The third-order valence-electron chi connectivity index (χ3n) is 2.26. The molecule has 0 fully saturated rings. The summed E-state index contributed by atoms with van der Waals surface area (Å²) in [6.45, 7) is 2.16. The fourth-order valence-electron chi connectivity index (χ4n) is 1.36. The standard InChI is InChI=1S/C12H22O3/c1-2-3-4-5-8-11(13)9-6-7-10-12(14)15/h6-7,11,13H,2-5,8-10H2,1H3,(H,14,15)/b7-6+. The molecule has 0 aliphatic rings. The van der Waals surface area contributed by atoms with Crippen LogP contribution in [-0.4, -0.2) is 22.3 Å². The van der Waals surface area contributed by atoms with E-state index in [0.717, 1.165) is 12.8 Å². The van der Waals surface area contributed by atoms with E-state index in [4.69, 9.17) is 5.11 Å². The summed E-state index contributed by atoms with van der Waals surface area (Å²) in [5.41, 5.74) is 0. The van der Waals surface area contributed by atoms with E-state index in [1.165, 1.54) is 19.3 Å². The number of hydrogen-bond acceptors (Lipinski definition) is 2. The summed E-state index contributed by atoms with van der Waals surface area (Å²) in [5, 5.41) is 17.9. The first-order chi connectivity index (χ1) is 7.16. The molecule has 1 atom stereocenters. The van der Waals surface area contributed by atoms with Gasteiger partial charge in [0.25, 0.3) is 0 Å². The molecule has 0 amide bonds. The molecule has 3 nitrogen and oxygen atoms in total. The fraction of sp³-hybridized carbons (Fsp3) is 0.750. The maximum Gasteiger partial charge on any atom is 0.307 e. The minimum atomic E-state index is -0.830. The number of hydrogen-bond donors (Lipinski definition) is 2. The topological polar surface area (TPSA) is 57.5 Å². The molecule has 0 bridgehead atoms. The van der Waals surface area contributed by atoms with Crippen molar-refractivity contribution in [3.05, 3.63) is 12.2 Å². The summed E-state index contributed by atoms with van der Waals surface area (Å²) in [5.74, 6) is -0.830. The maximum absolute atomic E-state index is 10.2. The first kappa shape index (κ1) is 14.2. The molecule has 0 radical (unpaired) electrons. The summed E-state index contributed by atoms with van der Waals surface area (Å²) in [6, 6.07) is 0. The van der Waals surface area contributed by atoms with E-state index in [2.05, 4.69) is 6.92 Å². The highest BCUT2D eigenvalue weighted by Crippen LogP contribution is 2.08. The summed E-state index contributed by atoms with van der Waals surface area (Å²) < 4.78 is 0. The van der Waals surface area contributed by atoms with Gasteiger partial charge in [0.2, 0.25) is 0 Å². The molecule has 0 aromatic heterocycles. The second-order valence-corrected chi connectivity index (χ2v) is 3.81. The predicted octanol–water partition coefficient (Wildman–Crippen LogP) is 2.74. The van der Waals surface area contributed by atoms with Crippen molar-refractivity contribution >= 4 is 5.97 Å². The minimum Gasteiger partial charge on any atom is -0.481 e. The van der Waals surface area contributed by atoms with Gasteiger partial charge in [-0.25, -0.2) is 0 Å². The van der Waals surface area contributed by atoms with Crippen LogP contribution in [0, 0.1) is 0 Å². The Kier molecular flexibility index (Phi) is 9.18. The van der Waals surface area contributed by atoms with Crippen LogP contribution in [0.3, 0.4) is 0 Å². The number of aliphatic carboxylic acids is 1. The van der Waals surface area contributed by atoms with Crippen LogP contribution in [0.25, 0.3) is 0 Å². The average molecular weight is 214 g/mol. The van der Waals surface area contributed by atoms with E-state index >= 15 is 0 Å². The Hall–Kier alpha value is -0.830. The highest BCUT2D eigenvalue weighted by atomic mass is 16.4. The zero-order valence-electron chi connectivity index (χ0n) is 9.48. The molecule has 0 aromatic rings. The van der Waals surface area contributed by atoms with Gasteiger partial charge in [0.1, 0.15) is 0 Å². The quantitative estimate of drug-likeness (QED) is 0.458. The zero-order valence-corrected chi connectivity index (χ0v) is 9.48. The molecule has 0 saturated carbocycles. The second kappa shape index (κ2) is 9.71. The van der Waals surface area contributed by atoms with Gasteiger partial charge in [-0.05, 0) is 12.8 Å². The first-order valence-corrected chi connectivity index (χ1v) is 5.71. The van der Waals surface area contributed by atoms with Crippen molar-refractivity contribution in [3.63, 3.8) is 0 Å². The van der Waals surface area contributed by atoms with Crippen LogP contribution >= 0.6 is 0 Å². The van der Waals surface area contributed by atoms with Crippen molar-refractivity contribution in [2.45, 2.75) is 58.0 Å². The smallest absolute Gasteiger partial charge is 0.307 e. The lowest BCUT2D eigenvalue weighted by atomic mass is 10.1. The lowest BCUT2D eigenvalue weighted by Gasteiger charge is -2.06. The second-order valence-electron chi connectivity index (χ2n) is 3.81. The molecule has 0 heterocycles. The lowest BCUT2D eigenvalue weighted by Crippen LogP contribution is -2.04. The van der Waals surface area contributed by atoms with Crippen molar-refractivity contribution in [3.8, 4) is 0 Å². The number of carboxylic acid groups (broad SMARTS) is 1. The maximum atomic E-state index is 10.2. The van der Waals surface area contributed by atoms with Crippen LogP contribution in [0.15, 0.2) is 12.2 Å². The molecule has 0 aliphatic carbocycles. The highest BCUT2D eigenvalue weighted by molar-refractivity contribution is 5.68. The molecule has 1 unspecified atom stereocenters. The molecule has 0 rings (SSSR count). The van der Waals surface area contributed by atoms with Gasteiger partial charge < -0.3 is 10.2 Å². The largest absolute Gasteiger partial charge is 0.481 e. The van der Waals surface area contributed by atoms with E-state index < -0.39 is 5.97 Å². The van der Waals surface area contributed by atoms with Crippen molar-refractivity contribution in [2.75, 3.05) is 0 Å². The molecule has 88 valence electrons. The zero-order chi connectivity index (χ0) is 11.5. The van der Waals surface area contributed by atoms with Crippen LogP contribution in [0.2, 0.25) is 0 Å². The number of carbonyl (C=O) groups is 1. The van der Waals surface area contributed by atoms with Crippen molar-refractivity contribution in [2.24, 2.45) is 0 Å². The van der Waals surface area contributed by atoms with Crippen LogP contribution in [0.1, 0.15) is 51.9 Å². The van der Waals surface area contributed by atoms with E-state index in [9.17, 15) is 9.90 Å². The van der Waals surface area contributed by atoms with Gasteiger partial charge in [-0.15, -0.1) is 0 Å². The van der Waals surface area contributed by atoms with Crippen molar-refractivity contribution < 1.29 is 15.0 Å². The normalized spacial score (nSPS) is 13.2. The first-order valence-electron chi connectivity index (χ1n) is 5.71. The van der Waals surface area contributed by atoms with Gasteiger partial charge in [-0.2, -0.15) is 0 Å². The number of rotatable bonds is 9. The number of unbranched alkanes of at least 4 members (excludes halogenated alkanes) is 3. The van der Waals surface area contributed by atoms with E-state index in [1.807, 2.05) is 0 Å². The molecule has 0 saturated heterocycles. The Morgan fingerprint density at radius 2 is 2.00 bits per heavy atom. The van der Waals surface area contributed by atoms with Crippen LogP contribution in [-0.2, 0) is 4.79 Å². The Balaban J connectivity index is 3.36. The van der Waals surface area contributed by atoms with Crippen molar-refractivity contribution in [1.29, 1.82) is 0 Å². The van der Waals surface area contributed by atoms with Crippen LogP contribution < -0.4 is 0 Å². The third kappa shape index (κ3) is 11.1. The predicted molar refractivity (Wildman–Crippen MR) is 60.8 cm³/mol. The van der Waals surface area contributed by atoms with Crippen molar-refractivity contribution in [1.82, 2.24) is 0 Å². The monoisotopic (exact) mass is 214 g/mol. The van der Waals surface area contributed by atoms with Gasteiger partial charge in [0, 0.05) is 0 Å².